The Hall–Kier alpha value is -6.25. The Bertz CT molecular complexity index is 1850. The third-order valence-corrected chi connectivity index (χ3v) is 7.02. The lowest BCUT2D eigenvalue weighted by atomic mass is 9.81. The lowest BCUT2D eigenvalue weighted by Gasteiger charge is -2.24. The normalized spacial score (nSPS) is 11.3. The van der Waals surface area contributed by atoms with Crippen molar-refractivity contribution in [3.8, 4) is 17.0 Å². The van der Waals surface area contributed by atoms with E-state index in [2.05, 4.69) is 10.3 Å². The quantitative estimate of drug-likeness (QED) is 0.114. The molecule has 0 aliphatic carbocycles. The summed E-state index contributed by atoms with van der Waals surface area (Å²) in [4.78, 5) is 68.5. The molecule has 0 aliphatic heterocycles. The fourth-order valence-electron chi connectivity index (χ4n) is 4.50. The second-order valence-electron chi connectivity index (χ2n) is 10.4. The standard InChI is InChI=1S/C33H26F3N3O9/c1-39(2)28(41)24-17-22(48-31(46)47-18-32(29(42)43,30(44)45)20-7-4-3-5-8-20)14-15-25(24)38-27(40)23-9-6-16-37-26(23)19-10-12-21(13-11-19)33(34,35)36/h3-17H,18H2,1-2H3,(H,38,40)(H,42,43)(H,44,45). The van der Waals surface area contributed by atoms with E-state index in [0.717, 1.165) is 18.2 Å². The molecule has 4 aromatic rings. The molecule has 48 heavy (non-hydrogen) atoms. The summed E-state index contributed by atoms with van der Waals surface area (Å²) in [5.74, 6) is -5.26. The number of ether oxygens (including phenoxy) is 2. The van der Waals surface area contributed by atoms with Crippen molar-refractivity contribution < 1.29 is 56.8 Å². The number of pyridine rings is 1. The number of halogens is 3. The van der Waals surface area contributed by atoms with Gasteiger partial charge in [0.2, 0.25) is 5.41 Å². The molecule has 0 fully saturated rings. The maximum atomic E-state index is 13.4. The number of carboxylic acids is 2. The number of carbonyl (C=O) groups is 5. The Kier molecular flexibility index (Phi) is 10.1. The number of nitrogens with zero attached hydrogens (tertiary/aromatic N) is 2. The third kappa shape index (κ3) is 7.41. The molecule has 1 heterocycles. The molecule has 0 saturated heterocycles. The van der Waals surface area contributed by atoms with Crippen molar-refractivity contribution in [3.63, 3.8) is 0 Å². The van der Waals surface area contributed by atoms with Crippen LogP contribution < -0.4 is 10.1 Å². The van der Waals surface area contributed by atoms with Crippen molar-refractivity contribution in [1.29, 1.82) is 0 Å². The summed E-state index contributed by atoms with van der Waals surface area (Å²) in [6.45, 7) is -1.13. The predicted molar refractivity (Wildman–Crippen MR) is 162 cm³/mol. The molecule has 0 aliphatic rings. The van der Waals surface area contributed by atoms with Gasteiger partial charge in [-0.3, -0.25) is 24.2 Å². The molecule has 0 radical (unpaired) electrons. The number of rotatable bonds is 10. The van der Waals surface area contributed by atoms with Crippen LogP contribution in [-0.2, 0) is 25.9 Å². The molecule has 0 saturated carbocycles. The average Bonchev–Trinajstić information content (AvgIpc) is 3.05. The lowest BCUT2D eigenvalue weighted by molar-refractivity contribution is -0.160. The summed E-state index contributed by atoms with van der Waals surface area (Å²) in [6.07, 6.45) is -4.68. The molecular weight excluding hydrogens is 639 g/mol. The Morgan fingerprint density at radius 3 is 2.04 bits per heavy atom. The molecule has 0 atom stereocenters. The summed E-state index contributed by atoms with van der Waals surface area (Å²) in [5, 5.41) is 22.1. The molecule has 3 N–H and O–H groups in total. The number of carbonyl (C=O) groups excluding carboxylic acids is 3. The molecule has 0 bridgehead atoms. The summed E-state index contributed by atoms with van der Waals surface area (Å²) < 4.78 is 49.2. The predicted octanol–water partition coefficient (Wildman–Crippen LogP) is 5.34. The minimum absolute atomic E-state index is 0.0248. The molecular formula is C33H26F3N3O9. The van der Waals surface area contributed by atoms with E-state index in [1.807, 2.05) is 0 Å². The van der Waals surface area contributed by atoms with Crippen molar-refractivity contribution in [3.05, 3.63) is 113 Å². The number of hydrogen-bond acceptors (Lipinski definition) is 8. The molecule has 12 nitrogen and oxygen atoms in total. The van der Waals surface area contributed by atoms with E-state index in [-0.39, 0.29) is 39.4 Å². The van der Waals surface area contributed by atoms with Crippen LogP contribution in [-0.4, -0.2) is 70.7 Å². The number of benzene rings is 3. The van der Waals surface area contributed by atoms with E-state index in [9.17, 15) is 47.4 Å². The van der Waals surface area contributed by atoms with Gasteiger partial charge >= 0.3 is 24.3 Å². The van der Waals surface area contributed by atoms with Crippen LogP contribution in [0.4, 0.5) is 23.7 Å². The van der Waals surface area contributed by atoms with Crippen molar-refractivity contribution in [2.75, 3.05) is 26.0 Å². The van der Waals surface area contributed by atoms with Gasteiger partial charge in [-0.15, -0.1) is 0 Å². The fraction of sp³-hybridized carbons (Fsp3) is 0.152. The van der Waals surface area contributed by atoms with Gasteiger partial charge in [-0.2, -0.15) is 13.2 Å². The number of aliphatic carboxylic acids is 2. The van der Waals surface area contributed by atoms with Crippen LogP contribution in [0.25, 0.3) is 11.3 Å². The van der Waals surface area contributed by atoms with E-state index in [4.69, 9.17) is 9.47 Å². The van der Waals surface area contributed by atoms with Gasteiger partial charge in [0.25, 0.3) is 11.8 Å². The van der Waals surface area contributed by atoms with Gasteiger partial charge in [-0.1, -0.05) is 42.5 Å². The van der Waals surface area contributed by atoms with Gasteiger partial charge < -0.3 is 29.9 Å². The highest BCUT2D eigenvalue weighted by Crippen LogP contribution is 2.32. The molecule has 0 spiro atoms. The summed E-state index contributed by atoms with van der Waals surface area (Å²) >= 11 is 0. The fourth-order valence-corrected chi connectivity index (χ4v) is 4.50. The highest BCUT2D eigenvalue weighted by molar-refractivity contribution is 6.11. The number of aromatic nitrogens is 1. The van der Waals surface area contributed by atoms with E-state index < -0.39 is 53.7 Å². The van der Waals surface area contributed by atoms with Gasteiger partial charge in [0.15, 0.2) is 0 Å². The number of alkyl halides is 3. The van der Waals surface area contributed by atoms with Crippen LogP contribution in [0.1, 0.15) is 31.8 Å². The lowest BCUT2D eigenvalue weighted by Crippen LogP contribution is -2.48. The summed E-state index contributed by atoms with van der Waals surface area (Å²) in [7, 11) is 2.83. The molecule has 1 aromatic heterocycles. The largest absolute Gasteiger partial charge is 0.513 e. The van der Waals surface area contributed by atoms with Crippen LogP contribution in [0.5, 0.6) is 5.75 Å². The average molecular weight is 666 g/mol. The van der Waals surface area contributed by atoms with Crippen LogP contribution in [0.3, 0.4) is 0 Å². The van der Waals surface area contributed by atoms with Crippen molar-refractivity contribution in [2.45, 2.75) is 11.6 Å². The molecule has 248 valence electrons. The Balaban J connectivity index is 1.58. The first-order chi connectivity index (χ1) is 22.6. The highest BCUT2D eigenvalue weighted by atomic mass is 19.4. The molecule has 3 aromatic carbocycles. The van der Waals surface area contributed by atoms with Crippen LogP contribution in [0, 0.1) is 0 Å². The Morgan fingerprint density at radius 2 is 1.46 bits per heavy atom. The van der Waals surface area contributed by atoms with Crippen LogP contribution in [0.15, 0.2) is 91.1 Å². The zero-order valence-corrected chi connectivity index (χ0v) is 25.1. The van der Waals surface area contributed by atoms with Gasteiger partial charge in [-0.25, -0.2) is 4.79 Å². The summed E-state index contributed by atoms with van der Waals surface area (Å²) in [6, 6.07) is 17.3. The molecule has 4 rings (SSSR count). The molecule has 15 heteroatoms. The van der Waals surface area contributed by atoms with Crippen molar-refractivity contribution in [2.24, 2.45) is 0 Å². The van der Waals surface area contributed by atoms with Gasteiger partial charge in [-0.05, 0) is 48.0 Å². The first-order valence-electron chi connectivity index (χ1n) is 13.8. The second-order valence-corrected chi connectivity index (χ2v) is 10.4. The Morgan fingerprint density at radius 1 is 0.812 bits per heavy atom. The maximum Gasteiger partial charge on any atom is 0.513 e. The third-order valence-electron chi connectivity index (χ3n) is 7.02. The first kappa shape index (κ1) is 34.6. The van der Waals surface area contributed by atoms with Gasteiger partial charge in [0.1, 0.15) is 12.4 Å². The zero-order chi connectivity index (χ0) is 35.2. The first-order valence-corrected chi connectivity index (χ1v) is 13.8. The smallest absolute Gasteiger partial charge is 0.480 e. The highest BCUT2D eigenvalue weighted by Gasteiger charge is 2.50. The number of amides is 2. The molecule has 0 unspecified atom stereocenters. The van der Waals surface area contributed by atoms with Crippen molar-refractivity contribution in [1.82, 2.24) is 9.88 Å². The van der Waals surface area contributed by atoms with E-state index in [0.29, 0.717) is 0 Å². The Labute approximate surface area is 270 Å². The minimum atomic E-state index is -4.56. The van der Waals surface area contributed by atoms with Crippen molar-refractivity contribution >= 4 is 35.6 Å². The van der Waals surface area contributed by atoms with E-state index >= 15 is 0 Å². The van der Waals surface area contributed by atoms with E-state index in [1.165, 1.54) is 85.9 Å². The number of anilines is 1. The minimum Gasteiger partial charge on any atom is -0.480 e. The second kappa shape index (κ2) is 14.0. The van der Waals surface area contributed by atoms with Crippen LogP contribution in [0.2, 0.25) is 0 Å². The topological polar surface area (TPSA) is 172 Å². The van der Waals surface area contributed by atoms with Gasteiger partial charge in [0.05, 0.1) is 28.1 Å². The monoisotopic (exact) mass is 665 g/mol. The number of carboxylic acid groups (broad SMARTS) is 2. The molecule has 2 amide bonds. The zero-order valence-electron chi connectivity index (χ0n) is 25.1. The SMILES string of the molecule is CN(C)C(=O)c1cc(OC(=O)OCC(C(=O)O)(C(=O)O)c2ccccc2)ccc1NC(=O)c1cccnc1-c1ccc(C(F)(F)F)cc1. The number of nitrogens with one attached hydrogen (secondary N) is 1. The van der Waals surface area contributed by atoms with E-state index in [1.54, 1.807) is 6.07 Å². The van der Waals surface area contributed by atoms with Crippen LogP contribution >= 0.6 is 0 Å². The van der Waals surface area contributed by atoms with Gasteiger partial charge in [0, 0.05) is 25.9 Å². The number of hydrogen-bond donors (Lipinski definition) is 3. The summed E-state index contributed by atoms with van der Waals surface area (Å²) in [5.41, 5.74) is -3.62. The maximum absolute atomic E-state index is 13.4.